The zero-order valence-corrected chi connectivity index (χ0v) is 25.3. The van der Waals surface area contributed by atoms with Crippen LogP contribution in [-0.4, -0.2) is 48.8 Å². The summed E-state index contributed by atoms with van der Waals surface area (Å²) in [6.07, 6.45) is 1.51. The molecule has 0 bridgehead atoms. The first-order chi connectivity index (χ1) is 20.2. The monoisotopic (exact) mass is 591 g/mol. The summed E-state index contributed by atoms with van der Waals surface area (Å²) in [4.78, 5) is 30.4. The predicted molar refractivity (Wildman–Crippen MR) is 165 cm³/mol. The van der Waals surface area contributed by atoms with Crippen LogP contribution in [0.25, 0.3) is 22.3 Å². The first-order valence-corrected chi connectivity index (χ1v) is 14.1. The molecule has 0 aliphatic carbocycles. The maximum absolute atomic E-state index is 13.8. The summed E-state index contributed by atoms with van der Waals surface area (Å²) in [5.74, 6) is 1.35. The number of ether oxygens (including phenoxy) is 4. The molecular weight excluding hydrogens is 558 g/mol. The second kappa shape index (κ2) is 13.5. The van der Waals surface area contributed by atoms with Crippen molar-refractivity contribution in [3.8, 4) is 28.6 Å². The summed E-state index contributed by atoms with van der Waals surface area (Å²) < 4.78 is 23.2. The Hall–Kier alpha value is -4.37. The van der Waals surface area contributed by atoms with Crippen LogP contribution in [0.1, 0.15) is 50.3 Å². The molecule has 0 spiro atoms. The maximum atomic E-state index is 13.8. The van der Waals surface area contributed by atoms with Crippen molar-refractivity contribution in [2.24, 2.45) is 5.10 Å². The van der Waals surface area contributed by atoms with Gasteiger partial charge in [0.25, 0.3) is 5.56 Å². The molecule has 0 N–H and O–H groups in total. The molecule has 0 radical (unpaired) electrons. The lowest BCUT2D eigenvalue weighted by Crippen LogP contribution is -2.21. The average Bonchev–Trinajstić information content (AvgIpc) is 2.96. The molecule has 0 atom stereocenters. The number of hydrogen-bond acceptors (Lipinski definition) is 8. The minimum atomic E-state index is -0.521. The van der Waals surface area contributed by atoms with Crippen molar-refractivity contribution in [1.29, 1.82) is 0 Å². The van der Waals surface area contributed by atoms with E-state index in [9.17, 15) is 9.59 Å². The summed E-state index contributed by atoms with van der Waals surface area (Å²) in [7, 11) is 1.64. The Kier molecular flexibility index (Phi) is 9.85. The molecule has 0 saturated heterocycles. The number of para-hydroxylation sites is 1. The summed E-state index contributed by atoms with van der Waals surface area (Å²) in [5.41, 5.74) is 3.42. The average molecular weight is 592 g/mol. The highest BCUT2D eigenvalue weighted by Gasteiger charge is 2.19. The van der Waals surface area contributed by atoms with Crippen LogP contribution in [0.2, 0.25) is 5.02 Å². The molecule has 0 amide bonds. The number of benzene rings is 3. The van der Waals surface area contributed by atoms with E-state index in [1.165, 1.54) is 10.9 Å². The quantitative estimate of drug-likeness (QED) is 0.147. The Balaban J connectivity index is 1.85. The second-order valence-corrected chi connectivity index (χ2v) is 10.1. The molecule has 10 heteroatoms. The van der Waals surface area contributed by atoms with E-state index in [0.29, 0.717) is 34.6 Å². The molecular formula is C32H34ClN3O6. The topological polar surface area (TPSA) is 101 Å². The van der Waals surface area contributed by atoms with Crippen molar-refractivity contribution in [2.45, 2.75) is 40.5 Å². The van der Waals surface area contributed by atoms with E-state index in [2.05, 4.69) is 18.9 Å². The van der Waals surface area contributed by atoms with Crippen LogP contribution in [-0.2, 0) is 9.53 Å². The largest absolute Gasteiger partial charge is 0.496 e. The summed E-state index contributed by atoms with van der Waals surface area (Å²) >= 11 is 6.53. The number of aromatic nitrogens is 2. The van der Waals surface area contributed by atoms with Crippen LogP contribution >= 0.6 is 11.6 Å². The van der Waals surface area contributed by atoms with Crippen molar-refractivity contribution in [2.75, 3.05) is 26.9 Å². The Morgan fingerprint density at radius 2 is 1.83 bits per heavy atom. The molecule has 4 aromatic rings. The molecule has 0 aliphatic rings. The van der Waals surface area contributed by atoms with Crippen molar-refractivity contribution in [3.63, 3.8) is 0 Å². The second-order valence-electron chi connectivity index (χ2n) is 9.73. The Labute approximate surface area is 249 Å². The van der Waals surface area contributed by atoms with Crippen molar-refractivity contribution in [1.82, 2.24) is 9.66 Å². The zero-order chi connectivity index (χ0) is 30.4. The highest BCUT2D eigenvalue weighted by atomic mass is 35.5. The highest BCUT2D eigenvalue weighted by Crippen LogP contribution is 2.37. The van der Waals surface area contributed by atoms with Crippen molar-refractivity contribution in [3.05, 3.63) is 80.6 Å². The predicted octanol–water partition coefficient (Wildman–Crippen LogP) is 6.38. The standard InChI is InChI=1S/C32H34ClN3O6/c1-7-40-28-15-21(14-25(33)30(28)42-18-29(37)41-8-2)17-34-36-31(35-26-12-10-9-11-22(26)32(36)38)24-16-23(19(3)4)27(39-6)13-20(24)5/h9-17,19H,7-8,18H2,1-6H3. The van der Waals surface area contributed by atoms with Crippen LogP contribution in [0.3, 0.4) is 0 Å². The van der Waals surface area contributed by atoms with Gasteiger partial charge in [-0.05, 0) is 79.8 Å². The van der Waals surface area contributed by atoms with Gasteiger partial charge in [-0.2, -0.15) is 9.78 Å². The van der Waals surface area contributed by atoms with Gasteiger partial charge in [0.15, 0.2) is 23.9 Å². The Morgan fingerprint density at radius 3 is 2.52 bits per heavy atom. The number of rotatable bonds is 11. The van der Waals surface area contributed by atoms with Crippen LogP contribution in [0, 0.1) is 6.92 Å². The third-order valence-corrected chi connectivity index (χ3v) is 6.77. The SMILES string of the molecule is CCOC(=O)COc1c(Cl)cc(C=Nn2c(-c3cc(C(C)C)c(OC)cc3C)nc3ccccc3c2=O)cc1OCC. The van der Waals surface area contributed by atoms with Gasteiger partial charge in [-0.3, -0.25) is 4.79 Å². The Morgan fingerprint density at radius 1 is 1.07 bits per heavy atom. The van der Waals surface area contributed by atoms with E-state index >= 15 is 0 Å². The van der Waals surface area contributed by atoms with Gasteiger partial charge in [0.1, 0.15) is 5.75 Å². The first kappa shape index (κ1) is 30.6. The normalized spacial score (nSPS) is 11.3. The fourth-order valence-electron chi connectivity index (χ4n) is 4.50. The van der Waals surface area contributed by atoms with Crippen LogP contribution < -0.4 is 19.8 Å². The van der Waals surface area contributed by atoms with Gasteiger partial charge in [0.05, 0.1) is 42.5 Å². The first-order valence-electron chi connectivity index (χ1n) is 13.7. The van der Waals surface area contributed by atoms with Crippen LogP contribution in [0.4, 0.5) is 0 Å². The lowest BCUT2D eigenvalue weighted by Gasteiger charge is -2.17. The molecule has 4 rings (SSSR count). The van der Waals surface area contributed by atoms with E-state index < -0.39 is 5.97 Å². The van der Waals surface area contributed by atoms with Gasteiger partial charge in [0.2, 0.25) is 0 Å². The van der Waals surface area contributed by atoms with E-state index in [1.807, 2.05) is 32.0 Å². The summed E-state index contributed by atoms with van der Waals surface area (Å²) in [6.45, 7) is 9.89. The zero-order valence-electron chi connectivity index (χ0n) is 24.6. The van der Waals surface area contributed by atoms with Crippen molar-refractivity contribution < 1.29 is 23.7 Å². The fourth-order valence-corrected chi connectivity index (χ4v) is 4.77. The lowest BCUT2D eigenvalue weighted by molar-refractivity contribution is -0.145. The number of carbonyl (C=O) groups excluding carboxylic acids is 1. The minimum absolute atomic E-state index is 0.173. The molecule has 220 valence electrons. The van der Waals surface area contributed by atoms with Gasteiger partial charge in [-0.1, -0.05) is 37.6 Å². The number of aryl methyl sites for hydroxylation is 1. The van der Waals surface area contributed by atoms with Gasteiger partial charge in [-0.25, -0.2) is 9.78 Å². The van der Waals surface area contributed by atoms with Crippen LogP contribution in [0.15, 0.2) is 58.4 Å². The van der Waals surface area contributed by atoms with E-state index in [-0.39, 0.29) is 35.5 Å². The van der Waals surface area contributed by atoms with Gasteiger partial charge in [-0.15, -0.1) is 0 Å². The number of esters is 1. The number of hydrogen-bond donors (Lipinski definition) is 0. The third kappa shape index (κ3) is 6.57. The number of methoxy groups -OCH3 is 1. The molecule has 42 heavy (non-hydrogen) atoms. The maximum Gasteiger partial charge on any atom is 0.344 e. The molecule has 1 heterocycles. The molecule has 9 nitrogen and oxygen atoms in total. The highest BCUT2D eigenvalue weighted by molar-refractivity contribution is 6.32. The van der Waals surface area contributed by atoms with Gasteiger partial charge >= 0.3 is 5.97 Å². The number of fused-ring (bicyclic) bond motifs is 1. The number of carbonyl (C=O) groups is 1. The number of halogens is 1. The smallest absolute Gasteiger partial charge is 0.344 e. The minimum Gasteiger partial charge on any atom is -0.496 e. The van der Waals surface area contributed by atoms with E-state index in [0.717, 1.165) is 22.4 Å². The molecule has 1 aromatic heterocycles. The van der Waals surface area contributed by atoms with Gasteiger partial charge < -0.3 is 18.9 Å². The molecule has 3 aromatic carbocycles. The summed E-state index contributed by atoms with van der Waals surface area (Å²) in [5, 5.41) is 5.23. The number of nitrogens with zero attached hydrogens (tertiary/aromatic N) is 3. The van der Waals surface area contributed by atoms with E-state index in [4.69, 9.17) is 35.5 Å². The third-order valence-electron chi connectivity index (χ3n) is 6.49. The van der Waals surface area contributed by atoms with E-state index in [1.54, 1.807) is 44.4 Å². The lowest BCUT2D eigenvalue weighted by atomic mass is 9.96. The summed E-state index contributed by atoms with van der Waals surface area (Å²) in [6, 6.07) is 14.4. The van der Waals surface area contributed by atoms with Crippen LogP contribution in [0.5, 0.6) is 17.2 Å². The van der Waals surface area contributed by atoms with Gasteiger partial charge in [0, 0.05) is 5.56 Å². The molecule has 0 unspecified atom stereocenters. The molecule has 0 saturated carbocycles. The molecule has 0 fully saturated rings. The fraction of sp³-hybridized carbons (Fsp3) is 0.312. The molecule has 0 aliphatic heterocycles. The Bertz CT molecular complexity index is 1700. The van der Waals surface area contributed by atoms with Crippen molar-refractivity contribution >= 4 is 34.7 Å².